The van der Waals surface area contributed by atoms with Crippen molar-refractivity contribution in [2.75, 3.05) is 32.2 Å². The highest BCUT2D eigenvalue weighted by molar-refractivity contribution is 6.01. The number of carbonyl (C=O) groups excluding carboxylic acids is 3. The van der Waals surface area contributed by atoms with Crippen molar-refractivity contribution in [2.45, 2.75) is 38.8 Å². The molecule has 0 spiro atoms. The monoisotopic (exact) mass is 533 g/mol. The molecule has 2 amide bonds. The Morgan fingerprint density at radius 2 is 1.82 bits per heavy atom. The van der Waals surface area contributed by atoms with Crippen molar-refractivity contribution in [1.29, 1.82) is 0 Å². The third kappa shape index (κ3) is 7.35. The van der Waals surface area contributed by atoms with Gasteiger partial charge in [-0.3, -0.25) is 9.69 Å². The number of aromatic nitrogens is 3. The number of pyridine rings is 1. The van der Waals surface area contributed by atoms with E-state index >= 15 is 0 Å². The van der Waals surface area contributed by atoms with Crippen LogP contribution in [-0.4, -0.2) is 70.3 Å². The Bertz CT molecular complexity index is 1320. The molecule has 1 aromatic carbocycles. The molecule has 0 bridgehead atoms. The van der Waals surface area contributed by atoms with Gasteiger partial charge in [-0.05, 0) is 44.0 Å². The molecule has 204 valence electrons. The number of benzene rings is 1. The van der Waals surface area contributed by atoms with Crippen molar-refractivity contribution >= 4 is 23.7 Å². The van der Waals surface area contributed by atoms with Gasteiger partial charge in [0.05, 0.1) is 38.2 Å². The van der Waals surface area contributed by atoms with E-state index in [2.05, 4.69) is 20.3 Å². The normalized spacial score (nSPS) is 13.2. The van der Waals surface area contributed by atoms with Gasteiger partial charge in [0, 0.05) is 23.9 Å². The van der Waals surface area contributed by atoms with E-state index in [0.717, 1.165) is 5.56 Å². The Hall–Kier alpha value is -4.38. The van der Waals surface area contributed by atoms with E-state index in [4.69, 9.17) is 14.2 Å². The fourth-order valence-electron chi connectivity index (χ4n) is 3.83. The molecule has 0 atom stereocenters. The molecular weight excluding hydrogens is 502 g/mol. The first-order valence-electron chi connectivity index (χ1n) is 12.4. The Balaban J connectivity index is 1.56. The molecule has 4 rings (SSSR count). The number of amides is 2. The minimum atomic E-state index is -0.769. The molecule has 0 unspecified atom stereocenters. The van der Waals surface area contributed by atoms with Crippen LogP contribution in [0.1, 0.15) is 48.4 Å². The van der Waals surface area contributed by atoms with Crippen LogP contribution in [0, 0.1) is 0 Å². The molecule has 39 heavy (non-hydrogen) atoms. The summed E-state index contributed by atoms with van der Waals surface area (Å²) in [6.45, 7) is 6.29. The summed E-state index contributed by atoms with van der Waals surface area (Å²) in [5.74, 6) is -0.870. The molecule has 1 aliphatic rings. The number of rotatable bonds is 8. The van der Waals surface area contributed by atoms with Gasteiger partial charge in [-0.15, -0.1) is 0 Å². The van der Waals surface area contributed by atoms with E-state index < -0.39 is 23.6 Å². The summed E-state index contributed by atoms with van der Waals surface area (Å²) < 4.78 is 15.6. The van der Waals surface area contributed by atoms with Gasteiger partial charge in [-0.1, -0.05) is 24.3 Å². The Morgan fingerprint density at radius 3 is 2.41 bits per heavy atom. The summed E-state index contributed by atoms with van der Waals surface area (Å²) >= 11 is 0. The minimum absolute atomic E-state index is 0.0192. The summed E-state index contributed by atoms with van der Waals surface area (Å²) in [4.78, 5) is 52.0. The second-order valence-electron chi connectivity index (χ2n) is 10.1. The zero-order valence-electron chi connectivity index (χ0n) is 22.3. The summed E-state index contributed by atoms with van der Waals surface area (Å²) in [7, 11) is 1.23. The maximum absolute atomic E-state index is 13.2. The Labute approximate surface area is 226 Å². The van der Waals surface area contributed by atoms with Gasteiger partial charge < -0.3 is 19.5 Å². The minimum Gasteiger partial charge on any atom is -0.464 e. The zero-order valence-corrected chi connectivity index (χ0v) is 22.3. The molecule has 11 heteroatoms. The summed E-state index contributed by atoms with van der Waals surface area (Å²) in [6.07, 6.45) is 3.76. The van der Waals surface area contributed by atoms with Crippen molar-refractivity contribution in [3.05, 3.63) is 72.1 Å². The number of hydrogen-bond donors (Lipinski definition) is 1. The fraction of sp³-hybridized carbons (Fsp3) is 0.357. The van der Waals surface area contributed by atoms with E-state index in [1.54, 1.807) is 45.3 Å². The molecule has 3 aromatic rings. The lowest BCUT2D eigenvalue weighted by atomic mass is 9.95. The molecule has 1 saturated heterocycles. The second-order valence-corrected chi connectivity index (χ2v) is 10.1. The van der Waals surface area contributed by atoms with E-state index in [0.29, 0.717) is 30.4 Å². The number of esters is 1. The molecule has 1 aliphatic heterocycles. The van der Waals surface area contributed by atoms with Gasteiger partial charge in [-0.25, -0.2) is 24.5 Å². The molecule has 0 aliphatic carbocycles. The van der Waals surface area contributed by atoms with Crippen LogP contribution in [0.3, 0.4) is 0 Å². The number of hydrogen-bond acceptors (Lipinski definition) is 9. The number of ether oxygens (including phenoxy) is 3. The first-order chi connectivity index (χ1) is 18.6. The van der Waals surface area contributed by atoms with Crippen molar-refractivity contribution in [1.82, 2.24) is 19.9 Å². The van der Waals surface area contributed by atoms with Crippen molar-refractivity contribution < 1.29 is 28.6 Å². The predicted molar refractivity (Wildman–Crippen MR) is 142 cm³/mol. The third-order valence-corrected chi connectivity index (χ3v) is 5.88. The third-order valence-electron chi connectivity index (χ3n) is 5.88. The summed E-state index contributed by atoms with van der Waals surface area (Å²) in [6, 6.07) is 11.3. The van der Waals surface area contributed by atoms with Gasteiger partial charge in [0.25, 0.3) is 0 Å². The lowest BCUT2D eigenvalue weighted by molar-refractivity contribution is -0.117. The lowest BCUT2D eigenvalue weighted by Gasteiger charge is -2.27. The fourth-order valence-corrected chi connectivity index (χ4v) is 3.83. The molecule has 11 nitrogen and oxygen atoms in total. The van der Waals surface area contributed by atoms with Crippen LogP contribution in [0.2, 0.25) is 0 Å². The van der Waals surface area contributed by atoms with Gasteiger partial charge in [-0.2, -0.15) is 0 Å². The largest absolute Gasteiger partial charge is 0.464 e. The Kier molecular flexibility index (Phi) is 8.50. The van der Waals surface area contributed by atoms with Crippen LogP contribution in [0.4, 0.5) is 10.5 Å². The SMILES string of the molecule is COC(=O)c1ncc(-c2ccc(C3COC3)cc2)cc1NC(=O)CN(Cc1ccncn1)C(=O)OC(C)(C)C. The molecule has 2 aromatic heterocycles. The standard InChI is InChI=1S/C28H31N5O6/c1-28(2,3)39-27(36)33(13-22-9-10-29-17-31-22)14-24(34)32-23-11-20(12-30-25(23)26(35)37-4)18-5-7-19(8-6-18)21-15-38-16-21/h5-12,17,21H,13-16H2,1-4H3,(H,32,34). The molecule has 1 N–H and O–H groups in total. The number of anilines is 1. The van der Waals surface area contributed by atoms with Gasteiger partial charge in [0.1, 0.15) is 18.5 Å². The van der Waals surface area contributed by atoms with Crippen LogP contribution in [0.5, 0.6) is 0 Å². The highest BCUT2D eigenvalue weighted by atomic mass is 16.6. The van der Waals surface area contributed by atoms with Crippen molar-refractivity contribution in [3.63, 3.8) is 0 Å². The van der Waals surface area contributed by atoms with E-state index in [-0.39, 0.29) is 24.5 Å². The number of methoxy groups -OCH3 is 1. The number of carbonyl (C=O) groups is 3. The van der Waals surface area contributed by atoms with E-state index in [9.17, 15) is 14.4 Å². The Morgan fingerprint density at radius 1 is 1.08 bits per heavy atom. The van der Waals surface area contributed by atoms with Crippen molar-refractivity contribution in [2.24, 2.45) is 0 Å². The highest BCUT2D eigenvalue weighted by Crippen LogP contribution is 2.29. The molecular formula is C28H31N5O6. The summed E-state index contributed by atoms with van der Waals surface area (Å²) in [5.41, 5.74) is 2.60. The van der Waals surface area contributed by atoms with Gasteiger partial charge >= 0.3 is 12.1 Å². The lowest BCUT2D eigenvalue weighted by Crippen LogP contribution is -2.41. The average Bonchev–Trinajstić information content (AvgIpc) is 2.87. The van der Waals surface area contributed by atoms with Gasteiger partial charge in [0.15, 0.2) is 5.69 Å². The zero-order chi connectivity index (χ0) is 28.0. The van der Waals surface area contributed by atoms with Gasteiger partial charge in [0.2, 0.25) is 5.91 Å². The van der Waals surface area contributed by atoms with Crippen LogP contribution < -0.4 is 5.32 Å². The first kappa shape index (κ1) is 27.6. The smallest absolute Gasteiger partial charge is 0.411 e. The molecule has 1 fully saturated rings. The van der Waals surface area contributed by atoms with E-state index in [1.807, 2.05) is 24.3 Å². The topological polar surface area (TPSA) is 133 Å². The van der Waals surface area contributed by atoms with Crippen LogP contribution in [0.25, 0.3) is 11.1 Å². The second kappa shape index (κ2) is 12.0. The van der Waals surface area contributed by atoms with Crippen LogP contribution in [-0.2, 0) is 25.5 Å². The molecule has 0 radical (unpaired) electrons. The van der Waals surface area contributed by atoms with E-state index in [1.165, 1.54) is 23.9 Å². The first-order valence-corrected chi connectivity index (χ1v) is 12.4. The average molecular weight is 534 g/mol. The summed E-state index contributed by atoms with van der Waals surface area (Å²) in [5, 5.41) is 2.72. The van der Waals surface area contributed by atoms with Crippen LogP contribution in [0.15, 0.2) is 55.1 Å². The highest BCUT2D eigenvalue weighted by Gasteiger charge is 2.26. The predicted octanol–water partition coefficient (Wildman–Crippen LogP) is 3.81. The maximum atomic E-state index is 13.2. The number of nitrogens with zero attached hydrogens (tertiary/aromatic N) is 4. The maximum Gasteiger partial charge on any atom is 0.411 e. The van der Waals surface area contributed by atoms with Crippen molar-refractivity contribution in [3.8, 4) is 11.1 Å². The molecule has 3 heterocycles. The van der Waals surface area contributed by atoms with Crippen LogP contribution >= 0.6 is 0 Å². The number of nitrogens with one attached hydrogen (secondary N) is 1. The quantitative estimate of drug-likeness (QED) is 0.429. The molecule has 0 saturated carbocycles.